The van der Waals surface area contributed by atoms with Crippen LogP contribution in [0.25, 0.3) is 11.1 Å². The molecule has 1 aromatic carbocycles. The van der Waals surface area contributed by atoms with E-state index in [4.69, 9.17) is 11.6 Å². The van der Waals surface area contributed by atoms with E-state index in [9.17, 15) is 0 Å². The molecule has 0 radical (unpaired) electrons. The standard InChI is InChI=1S/C16H12ClN3/c17-14-4-1-5-15(8-14)20-16-7-13(10-19-11-16)12-3-2-6-18-9-12/h1-11,20H. The summed E-state index contributed by atoms with van der Waals surface area (Å²) in [6, 6.07) is 13.5. The monoisotopic (exact) mass is 281 g/mol. The zero-order valence-corrected chi connectivity index (χ0v) is 11.4. The van der Waals surface area contributed by atoms with Gasteiger partial charge in [-0.1, -0.05) is 23.7 Å². The van der Waals surface area contributed by atoms with Crippen molar-refractivity contribution in [2.45, 2.75) is 0 Å². The highest BCUT2D eigenvalue weighted by Crippen LogP contribution is 2.24. The van der Waals surface area contributed by atoms with Crippen molar-refractivity contribution < 1.29 is 0 Å². The second-order valence-corrected chi connectivity index (χ2v) is 4.78. The predicted molar refractivity (Wildman–Crippen MR) is 82.2 cm³/mol. The lowest BCUT2D eigenvalue weighted by Gasteiger charge is -2.08. The Morgan fingerprint density at radius 3 is 2.50 bits per heavy atom. The third-order valence-corrected chi connectivity index (χ3v) is 3.08. The average molecular weight is 282 g/mol. The number of pyridine rings is 2. The van der Waals surface area contributed by atoms with Gasteiger partial charge in [-0.15, -0.1) is 0 Å². The summed E-state index contributed by atoms with van der Waals surface area (Å²) in [7, 11) is 0. The number of nitrogens with zero attached hydrogens (tertiary/aromatic N) is 2. The summed E-state index contributed by atoms with van der Waals surface area (Å²) in [6.07, 6.45) is 7.17. The van der Waals surface area contributed by atoms with Gasteiger partial charge in [0, 0.05) is 40.4 Å². The zero-order valence-electron chi connectivity index (χ0n) is 10.6. The normalized spacial score (nSPS) is 10.2. The number of benzene rings is 1. The largest absolute Gasteiger partial charge is 0.354 e. The summed E-state index contributed by atoms with van der Waals surface area (Å²) >= 11 is 5.97. The van der Waals surface area contributed by atoms with Crippen molar-refractivity contribution in [1.29, 1.82) is 0 Å². The fourth-order valence-electron chi connectivity index (χ4n) is 1.93. The molecule has 0 aliphatic carbocycles. The van der Waals surface area contributed by atoms with Crippen molar-refractivity contribution >= 4 is 23.0 Å². The van der Waals surface area contributed by atoms with E-state index in [-0.39, 0.29) is 0 Å². The van der Waals surface area contributed by atoms with E-state index in [1.165, 1.54) is 0 Å². The van der Waals surface area contributed by atoms with E-state index in [1.54, 1.807) is 12.4 Å². The molecule has 0 bridgehead atoms. The molecule has 3 nitrogen and oxygen atoms in total. The minimum absolute atomic E-state index is 0.700. The second kappa shape index (κ2) is 5.72. The van der Waals surface area contributed by atoms with Gasteiger partial charge in [0.05, 0.1) is 11.9 Å². The molecule has 0 saturated heterocycles. The molecular weight excluding hydrogens is 270 g/mol. The second-order valence-electron chi connectivity index (χ2n) is 4.34. The topological polar surface area (TPSA) is 37.8 Å². The first-order valence-electron chi connectivity index (χ1n) is 6.19. The molecule has 0 atom stereocenters. The summed E-state index contributed by atoms with van der Waals surface area (Å²) in [6.45, 7) is 0. The molecule has 3 aromatic rings. The minimum Gasteiger partial charge on any atom is -0.354 e. The van der Waals surface area contributed by atoms with Crippen LogP contribution in [-0.2, 0) is 0 Å². The van der Waals surface area contributed by atoms with Crippen LogP contribution in [0.1, 0.15) is 0 Å². The SMILES string of the molecule is Clc1cccc(Nc2cncc(-c3cccnc3)c2)c1. The van der Waals surface area contributed by atoms with E-state index in [0.29, 0.717) is 5.02 Å². The molecule has 0 saturated carbocycles. The van der Waals surface area contributed by atoms with E-state index >= 15 is 0 Å². The van der Waals surface area contributed by atoms with Crippen molar-refractivity contribution in [1.82, 2.24) is 9.97 Å². The Kier molecular flexibility index (Phi) is 3.61. The Labute approximate surface area is 122 Å². The van der Waals surface area contributed by atoms with Crippen molar-refractivity contribution in [2.75, 3.05) is 5.32 Å². The van der Waals surface area contributed by atoms with Gasteiger partial charge in [-0.2, -0.15) is 0 Å². The Balaban J connectivity index is 1.88. The number of nitrogens with one attached hydrogen (secondary N) is 1. The van der Waals surface area contributed by atoms with E-state index in [0.717, 1.165) is 22.5 Å². The highest BCUT2D eigenvalue weighted by molar-refractivity contribution is 6.30. The van der Waals surface area contributed by atoms with Gasteiger partial charge in [-0.05, 0) is 30.3 Å². The zero-order chi connectivity index (χ0) is 13.8. The summed E-state index contributed by atoms with van der Waals surface area (Å²) < 4.78 is 0. The lowest BCUT2D eigenvalue weighted by Crippen LogP contribution is -1.92. The van der Waals surface area contributed by atoms with Gasteiger partial charge in [-0.25, -0.2) is 0 Å². The van der Waals surface area contributed by atoms with Crippen molar-refractivity contribution in [3.05, 3.63) is 72.3 Å². The molecule has 3 rings (SSSR count). The van der Waals surface area contributed by atoms with Crippen LogP contribution in [0.3, 0.4) is 0 Å². The van der Waals surface area contributed by atoms with Crippen LogP contribution >= 0.6 is 11.6 Å². The Bertz CT molecular complexity index is 714. The third kappa shape index (κ3) is 2.95. The Morgan fingerprint density at radius 1 is 0.800 bits per heavy atom. The summed E-state index contributed by atoms with van der Waals surface area (Å²) in [4.78, 5) is 8.38. The molecule has 0 unspecified atom stereocenters. The lowest BCUT2D eigenvalue weighted by molar-refractivity contribution is 1.29. The van der Waals surface area contributed by atoms with Crippen LogP contribution in [-0.4, -0.2) is 9.97 Å². The Hall–Kier alpha value is -2.39. The van der Waals surface area contributed by atoms with Crippen LogP contribution < -0.4 is 5.32 Å². The van der Waals surface area contributed by atoms with Crippen LogP contribution in [0.4, 0.5) is 11.4 Å². The quantitative estimate of drug-likeness (QED) is 0.766. The number of halogens is 1. The van der Waals surface area contributed by atoms with E-state index in [2.05, 4.69) is 15.3 Å². The van der Waals surface area contributed by atoms with Gasteiger partial charge in [0.25, 0.3) is 0 Å². The molecule has 0 spiro atoms. The van der Waals surface area contributed by atoms with Crippen LogP contribution in [0, 0.1) is 0 Å². The number of aromatic nitrogens is 2. The predicted octanol–water partition coefficient (Wildman–Crippen LogP) is 4.54. The van der Waals surface area contributed by atoms with Gasteiger partial charge in [0.2, 0.25) is 0 Å². The molecule has 2 heterocycles. The maximum absolute atomic E-state index is 5.97. The number of hydrogen-bond donors (Lipinski definition) is 1. The first-order valence-corrected chi connectivity index (χ1v) is 6.57. The molecule has 4 heteroatoms. The molecule has 0 aliphatic rings. The average Bonchev–Trinajstić information content (AvgIpc) is 2.48. The van der Waals surface area contributed by atoms with E-state index in [1.807, 2.05) is 54.9 Å². The molecule has 98 valence electrons. The molecule has 1 N–H and O–H groups in total. The van der Waals surface area contributed by atoms with Crippen LogP contribution in [0.5, 0.6) is 0 Å². The Morgan fingerprint density at radius 2 is 1.70 bits per heavy atom. The maximum Gasteiger partial charge on any atom is 0.0576 e. The highest BCUT2D eigenvalue weighted by atomic mass is 35.5. The summed E-state index contributed by atoms with van der Waals surface area (Å²) in [5, 5.41) is 3.99. The third-order valence-electron chi connectivity index (χ3n) is 2.85. The smallest absolute Gasteiger partial charge is 0.0576 e. The molecule has 0 amide bonds. The fraction of sp³-hybridized carbons (Fsp3) is 0. The number of hydrogen-bond acceptors (Lipinski definition) is 3. The molecular formula is C16H12ClN3. The van der Waals surface area contributed by atoms with Crippen molar-refractivity contribution in [3.63, 3.8) is 0 Å². The van der Waals surface area contributed by atoms with E-state index < -0.39 is 0 Å². The van der Waals surface area contributed by atoms with Gasteiger partial charge < -0.3 is 5.32 Å². The molecule has 0 fully saturated rings. The van der Waals surface area contributed by atoms with Gasteiger partial charge in [0.15, 0.2) is 0 Å². The maximum atomic E-state index is 5.97. The number of rotatable bonds is 3. The molecule has 2 aromatic heterocycles. The summed E-state index contributed by atoms with van der Waals surface area (Å²) in [5.41, 5.74) is 3.90. The number of anilines is 2. The minimum atomic E-state index is 0.700. The van der Waals surface area contributed by atoms with Crippen LogP contribution in [0.15, 0.2) is 67.3 Å². The van der Waals surface area contributed by atoms with Gasteiger partial charge in [-0.3, -0.25) is 9.97 Å². The van der Waals surface area contributed by atoms with Gasteiger partial charge >= 0.3 is 0 Å². The first-order chi connectivity index (χ1) is 9.81. The van der Waals surface area contributed by atoms with Gasteiger partial charge in [0.1, 0.15) is 0 Å². The van der Waals surface area contributed by atoms with Crippen LogP contribution in [0.2, 0.25) is 5.02 Å². The van der Waals surface area contributed by atoms with Crippen molar-refractivity contribution in [3.8, 4) is 11.1 Å². The van der Waals surface area contributed by atoms with Crippen molar-refractivity contribution in [2.24, 2.45) is 0 Å². The first kappa shape index (κ1) is 12.6. The fourth-order valence-corrected chi connectivity index (χ4v) is 2.12. The molecule has 20 heavy (non-hydrogen) atoms. The highest BCUT2D eigenvalue weighted by Gasteiger charge is 2.01. The lowest BCUT2D eigenvalue weighted by atomic mass is 10.1. The summed E-state index contributed by atoms with van der Waals surface area (Å²) in [5.74, 6) is 0. The molecule has 0 aliphatic heterocycles.